The van der Waals surface area contributed by atoms with Crippen LogP contribution in [0.25, 0.3) is 0 Å². The fourth-order valence-electron chi connectivity index (χ4n) is 7.05. The number of halogens is 2. The molecule has 2 aromatic carbocycles. The van der Waals surface area contributed by atoms with Crippen molar-refractivity contribution in [3.8, 4) is 0 Å². The van der Waals surface area contributed by atoms with E-state index >= 15 is 0 Å². The molecule has 3 nitrogen and oxygen atoms in total. The van der Waals surface area contributed by atoms with Crippen molar-refractivity contribution in [2.24, 2.45) is 0 Å². The van der Waals surface area contributed by atoms with E-state index in [0.717, 1.165) is 40.6 Å². The lowest BCUT2D eigenvalue weighted by Crippen LogP contribution is -2.45. The highest BCUT2D eigenvalue weighted by Crippen LogP contribution is 2.50. The van der Waals surface area contributed by atoms with Crippen molar-refractivity contribution in [1.29, 1.82) is 0 Å². The van der Waals surface area contributed by atoms with Gasteiger partial charge in [0.25, 0.3) is 0 Å². The normalized spacial score (nSPS) is 24.9. The minimum absolute atomic E-state index is 0.0717. The molecule has 3 atom stereocenters. The van der Waals surface area contributed by atoms with Gasteiger partial charge in [0.2, 0.25) is 0 Å². The second-order valence-electron chi connectivity index (χ2n) is 10.8. The SMILES string of the molecule is Clc1ccccc1C(c1ccccc1Cl)N1[C@@H]2CC[C@H]1CC(c1ncccc1CN1CCCCC1)C2. The first-order valence-electron chi connectivity index (χ1n) is 13.6. The Morgan fingerprint density at radius 3 is 2.00 bits per heavy atom. The number of likely N-dealkylation sites (tertiary alicyclic amines) is 1. The zero-order chi connectivity index (χ0) is 24.5. The summed E-state index contributed by atoms with van der Waals surface area (Å²) in [6, 6.07) is 22.1. The van der Waals surface area contributed by atoms with E-state index in [4.69, 9.17) is 28.2 Å². The minimum atomic E-state index is 0.0717. The summed E-state index contributed by atoms with van der Waals surface area (Å²) in [5.41, 5.74) is 5.09. The third kappa shape index (κ3) is 4.84. The average Bonchev–Trinajstić information content (AvgIpc) is 3.15. The predicted octanol–water partition coefficient (Wildman–Crippen LogP) is 7.87. The first-order valence-corrected chi connectivity index (χ1v) is 14.4. The molecule has 0 amide bonds. The Morgan fingerprint density at radius 1 is 0.778 bits per heavy atom. The molecule has 5 heteroatoms. The van der Waals surface area contributed by atoms with Gasteiger partial charge in [-0.3, -0.25) is 14.8 Å². The molecule has 0 aliphatic carbocycles. The fourth-order valence-corrected chi connectivity index (χ4v) is 7.53. The number of hydrogen-bond acceptors (Lipinski definition) is 3. The van der Waals surface area contributed by atoms with Crippen molar-refractivity contribution < 1.29 is 0 Å². The van der Waals surface area contributed by atoms with E-state index in [1.54, 1.807) is 0 Å². The van der Waals surface area contributed by atoms with Crippen LogP contribution in [0.4, 0.5) is 0 Å². The molecule has 3 aliphatic rings. The lowest BCUT2D eigenvalue weighted by Gasteiger charge is -2.44. The topological polar surface area (TPSA) is 19.4 Å². The van der Waals surface area contributed by atoms with Crippen molar-refractivity contribution in [3.05, 3.63) is 99.3 Å². The van der Waals surface area contributed by atoms with Crippen LogP contribution in [0.2, 0.25) is 10.0 Å². The highest BCUT2D eigenvalue weighted by atomic mass is 35.5. The maximum absolute atomic E-state index is 6.81. The first-order chi connectivity index (χ1) is 17.7. The van der Waals surface area contributed by atoms with Crippen LogP contribution in [0.5, 0.6) is 0 Å². The number of rotatable bonds is 6. The Balaban J connectivity index is 1.30. The number of pyridine rings is 1. The molecule has 0 saturated carbocycles. The summed E-state index contributed by atoms with van der Waals surface area (Å²) in [6.07, 6.45) is 10.8. The van der Waals surface area contributed by atoms with Crippen LogP contribution in [-0.4, -0.2) is 40.0 Å². The molecule has 1 unspecified atom stereocenters. The molecule has 3 aromatic rings. The van der Waals surface area contributed by atoms with E-state index in [1.807, 2.05) is 30.5 Å². The van der Waals surface area contributed by atoms with Gasteiger partial charge in [0.15, 0.2) is 0 Å². The van der Waals surface area contributed by atoms with E-state index in [9.17, 15) is 0 Å². The van der Waals surface area contributed by atoms with Crippen LogP contribution in [0.15, 0.2) is 66.9 Å². The Labute approximate surface area is 225 Å². The van der Waals surface area contributed by atoms with E-state index in [1.165, 1.54) is 56.5 Å². The molecule has 0 spiro atoms. The Bertz CT molecular complexity index is 1130. The number of aromatic nitrogens is 1. The fraction of sp³-hybridized carbons (Fsp3) is 0.452. The zero-order valence-corrected chi connectivity index (χ0v) is 22.3. The summed E-state index contributed by atoms with van der Waals surface area (Å²) in [4.78, 5) is 10.4. The third-order valence-electron chi connectivity index (χ3n) is 8.64. The number of benzene rings is 2. The van der Waals surface area contributed by atoms with Gasteiger partial charge < -0.3 is 0 Å². The van der Waals surface area contributed by atoms with Gasteiger partial charge in [-0.2, -0.15) is 0 Å². The molecule has 3 fully saturated rings. The summed E-state index contributed by atoms with van der Waals surface area (Å²) in [5.74, 6) is 0.512. The van der Waals surface area contributed by atoms with Crippen LogP contribution in [-0.2, 0) is 6.54 Å². The van der Waals surface area contributed by atoms with E-state index in [-0.39, 0.29) is 6.04 Å². The van der Waals surface area contributed by atoms with E-state index < -0.39 is 0 Å². The number of hydrogen-bond donors (Lipinski definition) is 0. The van der Waals surface area contributed by atoms with Gasteiger partial charge in [-0.25, -0.2) is 0 Å². The van der Waals surface area contributed by atoms with Crippen molar-refractivity contribution >= 4 is 23.2 Å². The summed E-state index contributed by atoms with van der Waals surface area (Å²) in [6.45, 7) is 3.48. The minimum Gasteiger partial charge on any atom is -0.299 e. The highest BCUT2D eigenvalue weighted by molar-refractivity contribution is 6.32. The van der Waals surface area contributed by atoms with Crippen LogP contribution in [0, 0.1) is 0 Å². The standard InChI is InChI=1S/C31H35Cl2N3/c32-28-12-4-2-10-26(28)31(27-11-3-5-13-29(27)33)36-24-14-15-25(36)20-23(19-24)30-22(9-8-16-34-30)21-35-17-6-1-7-18-35/h2-5,8-13,16,23-25,31H,1,6-7,14-15,17-21H2/t23?,24-,25+. The van der Waals surface area contributed by atoms with Crippen molar-refractivity contribution in [2.75, 3.05) is 13.1 Å². The molecule has 4 heterocycles. The van der Waals surface area contributed by atoms with Gasteiger partial charge in [0.1, 0.15) is 0 Å². The average molecular weight is 521 g/mol. The molecular formula is C31H35Cl2N3. The molecule has 0 N–H and O–H groups in total. The Morgan fingerprint density at radius 2 is 1.39 bits per heavy atom. The van der Waals surface area contributed by atoms with Crippen molar-refractivity contribution in [1.82, 2.24) is 14.8 Å². The molecule has 188 valence electrons. The second-order valence-corrected chi connectivity index (χ2v) is 11.6. The van der Waals surface area contributed by atoms with E-state index in [0.29, 0.717) is 18.0 Å². The first kappa shape index (κ1) is 24.4. The molecule has 0 radical (unpaired) electrons. The molecule has 6 rings (SSSR count). The summed E-state index contributed by atoms with van der Waals surface area (Å²) in [5, 5.41) is 1.63. The van der Waals surface area contributed by atoms with Crippen LogP contribution in [0.3, 0.4) is 0 Å². The smallest absolute Gasteiger partial charge is 0.0636 e. The lowest BCUT2D eigenvalue weighted by molar-refractivity contribution is 0.0921. The third-order valence-corrected chi connectivity index (χ3v) is 9.33. The monoisotopic (exact) mass is 519 g/mol. The van der Waals surface area contributed by atoms with E-state index in [2.05, 4.69) is 46.2 Å². The number of fused-ring (bicyclic) bond motifs is 2. The number of nitrogens with zero attached hydrogens (tertiary/aromatic N) is 3. The van der Waals surface area contributed by atoms with Gasteiger partial charge in [-0.15, -0.1) is 0 Å². The molecule has 2 bridgehead atoms. The molecular weight excluding hydrogens is 485 g/mol. The molecule has 36 heavy (non-hydrogen) atoms. The zero-order valence-electron chi connectivity index (χ0n) is 20.8. The number of piperidine rings is 2. The van der Waals surface area contributed by atoms with Crippen molar-refractivity contribution in [2.45, 2.75) is 75.5 Å². The Kier molecular flexibility index (Phi) is 7.35. The summed E-state index contributed by atoms with van der Waals surface area (Å²) < 4.78 is 0. The largest absolute Gasteiger partial charge is 0.299 e. The quantitative estimate of drug-likeness (QED) is 0.330. The van der Waals surface area contributed by atoms with Crippen LogP contribution < -0.4 is 0 Å². The van der Waals surface area contributed by atoms with Gasteiger partial charge >= 0.3 is 0 Å². The molecule has 3 aliphatic heterocycles. The van der Waals surface area contributed by atoms with Gasteiger partial charge in [0, 0.05) is 46.5 Å². The maximum Gasteiger partial charge on any atom is 0.0636 e. The molecule has 1 aromatic heterocycles. The second kappa shape index (κ2) is 10.8. The van der Waals surface area contributed by atoms with Gasteiger partial charge in [-0.05, 0) is 86.5 Å². The van der Waals surface area contributed by atoms with Gasteiger partial charge in [0.05, 0.1) is 6.04 Å². The van der Waals surface area contributed by atoms with Crippen LogP contribution in [0.1, 0.15) is 79.3 Å². The van der Waals surface area contributed by atoms with Crippen molar-refractivity contribution in [3.63, 3.8) is 0 Å². The Hall–Kier alpha value is -1.91. The lowest BCUT2D eigenvalue weighted by atomic mass is 9.83. The highest BCUT2D eigenvalue weighted by Gasteiger charge is 2.46. The van der Waals surface area contributed by atoms with Gasteiger partial charge in [-0.1, -0.05) is 72.1 Å². The molecule has 3 saturated heterocycles. The summed E-state index contributed by atoms with van der Waals surface area (Å²) in [7, 11) is 0. The van der Waals surface area contributed by atoms with Crippen LogP contribution >= 0.6 is 23.2 Å². The predicted molar refractivity (Wildman–Crippen MR) is 149 cm³/mol. The summed E-state index contributed by atoms with van der Waals surface area (Å²) >= 11 is 13.6. The maximum atomic E-state index is 6.81.